The van der Waals surface area contributed by atoms with Gasteiger partial charge in [0.2, 0.25) is 5.91 Å². The van der Waals surface area contributed by atoms with Crippen LogP contribution in [-0.4, -0.2) is 26.3 Å². The van der Waals surface area contributed by atoms with Crippen molar-refractivity contribution in [3.05, 3.63) is 58.2 Å². The van der Waals surface area contributed by atoms with Crippen LogP contribution in [0.3, 0.4) is 0 Å². The van der Waals surface area contributed by atoms with E-state index in [1.54, 1.807) is 0 Å². The number of carbonyl (C=O) groups is 1. The monoisotopic (exact) mass is 440 g/mol. The van der Waals surface area contributed by atoms with Crippen molar-refractivity contribution in [3.8, 4) is 0 Å². The molecule has 1 N–H and O–H groups in total. The fourth-order valence-corrected chi connectivity index (χ4v) is 4.42. The molecule has 1 unspecified atom stereocenters. The molecule has 0 saturated carbocycles. The van der Waals surface area contributed by atoms with E-state index in [9.17, 15) is 18.0 Å². The normalized spacial score (nSPS) is 16.6. The van der Waals surface area contributed by atoms with E-state index < -0.39 is 11.7 Å². The summed E-state index contributed by atoms with van der Waals surface area (Å²) in [5, 5.41) is 10.7. The molecule has 152 valence electrons. The van der Waals surface area contributed by atoms with Gasteiger partial charge in [0.1, 0.15) is 0 Å². The molecular weight excluding hydrogens is 425 g/mol. The summed E-state index contributed by atoms with van der Waals surface area (Å²) in [4.78, 5) is 12.5. The lowest BCUT2D eigenvalue weighted by atomic mass is 9.88. The predicted molar refractivity (Wildman–Crippen MR) is 104 cm³/mol. The lowest BCUT2D eigenvalue weighted by Crippen LogP contribution is -2.32. The molecule has 0 spiro atoms. The van der Waals surface area contributed by atoms with Gasteiger partial charge in [0.05, 0.1) is 22.4 Å². The first-order valence-electron chi connectivity index (χ1n) is 8.94. The maximum atomic E-state index is 13.0. The second kappa shape index (κ2) is 7.87. The first kappa shape index (κ1) is 20.0. The van der Waals surface area contributed by atoms with Gasteiger partial charge < -0.3 is 5.32 Å². The van der Waals surface area contributed by atoms with Crippen molar-refractivity contribution in [2.24, 2.45) is 0 Å². The largest absolute Gasteiger partial charge is 0.417 e. The number of nitrogens with zero attached hydrogens (tertiary/aromatic N) is 3. The lowest BCUT2D eigenvalue weighted by Gasteiger charge is -2.26. The van der Waals surface area contributed by atoms with Crippen LogP contribution in [0.2, 0.25) is 5.02 Å². The molecule has 4 rings (SSSR count). The van der Waals surface area contributed by atoms with Gasteiger partial charge in [-0.2, -0.15) is 13.2 Å². The van der Waals surface area contributed by atoms with Crippen LogP contribution in [0.4, 0.5) is 13.2 Å². The molecular formula is C19H16ClF3N4OS. The van der Waals surface area contributed by atoms with Crippen molar-refractivity contribution >= 4 is 34.9 Å². The van der Waals surface area contributed by atoms with Crippen LogP contribution in [0.5, 0.6) is 0 Å². The zero-order chi connectivity index (χ0) is 20.6. The number of alkyl halides is 3. The van der Waals surface area contributed by atoms with Crippen molar-refractivity contribution < 1.29 is 18.0 Å². The number of hydrogen-bond acceptors (Lipinski definition) is 4. The molecule has 1 aromatic carbocycles. The third kappa shape index (κ3) is 4.20. The number of pyridine rings is 1. The Hall–Kier alpha value is -2.26. The summed E-state index contributed by atoms with van der Waals surface area (Å²) in [5.41, 5.74) is 1.56. The predicted octanol–water partition coefficient (Wildman–Crippen LogP) is 4.69. The summed E-state index contributed by atoms with van der Waals surface area (Å²) in [6, 6.07) is 8.76. The van der Waals surface area contributed by atoms with E-state index in [2.05, 4.69) is 21.6 Å². The molecule has 2 aromatic heterocycles. The third-order valence-electron chi connectivity index (χ3n) is 4.79. The van der Waals surface area contributed by atoms with Crippen molar-refractivity contribution in [2.45, 2.75) is 36.6 Å². The SMILES string of the molecule is O=C(CSc1nnc2c(Cl)cc(C(F)(F)F)cn12)NC1CCCc2ccccc21. The van der Waals surface area contributed by atoms with Crippen molar-refractivity contribution in [1.29, 1.82) is 0 Å². The Balaban J connectivity index is 1.48. The van der Waals surface area contributed by atoms with E-state index in [-0.39, 0.29) is 33.5 Å². The number of aryl methyl sites for hydroxylation is 1. The fourth-order valence-electron chi connectivity index (χ4n) is 3.46. The first-order valence-corrected chi connectivity index (χ1v) is 10.3. The number of amides is 1. The quantitative estimate of drug-likeness (QED) is 0.598. The van der Waals surface area contributed by atoms with Gasteiger partial charge in [0, 0.05) is 6.20 Å². The van der Waals surface area contributed by atoms with Crippen LogP contribution >= 0.6 is 23.4 Å². The van der Waals surface area contributed by atoms with Crippen LogP contribution in [0, 0.1) is 0 Å². The zero-order valence-electron chi connectivity index (χ0n) is 15.0. The Kier molecular flexibility index (Phi) is 5.44. The summed E-state index contributed by atoms with van der Waals surface area (Å²) in [6.07, 6.45) is -0.825. The number of benzene rings is 1. The zero-order valence-corrected chi connectivity index (χ0v) is 16.6. The van der Waals surface area contributed by atoms with Crippen LogP contribution in [0.15, 0.2) is 41.7 Å². The number of thioether (sulfide) groups is 1. The summed E-state index contributed by atoms with van der Waals surface area (Å²) < 4.78 is 40.3. The number of aromatic nitrogens is 3. The molecule has 1 atom stereocenters. The molecule has 0 fully saturated rings. The molecule has 1 aliphatic rings. The van der Waals surface area contributed by atoms with Crippen LogP contribution in [0.25, 0.3) is 5.65 Å². The van der Waals surface area contributed by atoms with Gasteiger partial charge in [-0.1, -0.05) is 47.6 Å². The second-order valence-corrected chi connectivity index (χ2v) is 8.10. The Bertz CT molecular complexity index is 1070. The maximum Gasteiger partial charge on any atom is 0.417 e. The molecule has 29 heavy (non-hydrogen) atoms. The minimum atomic E-state index is -4.55. The van der Waals surface area contributed by atoms with Gasteiger partial charge in [0.25, 0.3) is 0 Å². The van der Waals surface area contributed by atoms with Crippen LogP contribution < -0.4 is 5.32 Å². The van der Waals surface area contributed by atoms with Gasteiger partial charge in [-0.05, 0) is 36.5 Å². The summed E-state index contributed by atoms with van der Waals surface area (Å²) in [7, 11) is 0. The maximum absolute atomic E-state index is 13.0. The average Bonchev–Trinajstić information content (AvgIpc) is 3.10. The number of halogens is 4. The van der Waals surface area contributed by atoms with Crippen molar-refractivity contribution in [1.82, 2.24) is 19.9 Å². The molecule has 5 nitrogen and oxygen atoms in total. The van der Waals surface area contributed by atoms with Gasteiger partial charge in [-0.3, -0.25) is 9.20 Å². The molecule has 1 amide bonds. The Morgan fingerprint density at radius 2 is 2.10 bits per heavy atom. The summed E-state index contributed by atoms with van der Waals surface area (Å²) in [5.74, 6) is -0.209. The van der Waals surface area contributed by atoms with Gasteiger partial charge in [0.15, 0.2) is 10.8 Å². The highest BCUT2D eigenvalue weighted by molar-refractivity contribution is 7.99. The average molecular weight is 441 g/mol. The highest BCUT2D eigenvalue weighted by atomic mass is 35.5. The lowest BCUT2D eigenvalue weighted by molar-refractivity contribution is -0.137. The standard InChI is InChI=1S/C19H16ClF3N4OS/c20-14-8-12(19(21,22)23)9-27-17(14)25-26-18(27)29-10-16(28)24-15-7-3-5-11-4-1-2-6-13(11)15/h1-2,4,6,8-9,15H,3,5,7,10H2,(H,24,28). The minimum Gasteiger partial charge on any atom is -0.349 e. The molecule has 0 bridgehead atoms. The van der Waals surface area contributed by atoms with Gasteiger partial charge in [-0.25, -0.2) is 0 Å². The molecule has 2 heterocycles. The molecule has 10 heteroatoms. The first-order chi connectivity index (χ1) is 13.8. The molecule has 0 saturated heterocycles. The minimum absolute atomic E-state index is 0.00727. The number of rotatable bonds is 4. The van der Waals surface area contributed by atoms with E-state index in [0.29, 0.717) is 0 Å². The summed E-state index contributed by atoms with van der Waals surface area (Å²) in [6.45, 7) is 0. The van der Waals surface area contributed by atoms with Gasteiger partial charge >= 0.3 is 6.18 Å². The van der Waals surface area contributed by atoms with E-state index in [1.165, 1.54) is 9.96 Å². The highest BCUT2D eigenvalue weighted by Gasteiger charge is 2.32. The van der Waals surface area contributed by atoms with E-state index in [4.69, 9.17) is 11.6 Å². The highest BCUT2D eigenvalue weighted by Crippen LogP contribution is 2.33. The Morgan fingerprint density at radius 1 is 1.31 bits per heavy atom. The second-order valence-electron chi connectivity index (χ2n) is 6.75. The van der Waals surface area contributed by atoms with Crippen molar-refractivity contribution in [2.75, 3.05) is 5.75 Å². The molecule has 3 aromatic rings. The topological polar surface area (TPSA) is 59.3 Å². The number of nitrogens with one attached hydrogen (secondary N) is 1. The fraction of sp³-hybridized carbons (Fsp3) is 0.316. The third-order valence-corrected chi connectivity index (χ3v) is 6.01. The van der Waals surface area contributed by atoms with Crippen LogP contribution in [0.1, 0.15) is 35.6 Å². The summed E-state index contributed by atoms with van der Waals surface area (Å²) >= 11 is 6.92. The smallest absolute Gasteiger partial charge is 0.349 e. The Morgan fingerprint density at radius 3 is 2.90 bits per heavy atom. The van der Waals surface area contributed by atoms with Crippen LogP contribution in [-0.2, 0) is 17.4 Å². The van der Waals surface area contributed by atoms with Crippen molar-refractivity contribution in [3.63, 3.8) is 0 Å². The van der Waals surface area contributed by atoms with E-state index in [0.717, 1.165) is 48.9 Å². The van der Waals surface area contributed by atoms with E-state index in [1.807, 2.05) is 18.2 Å². The molecule has 0 aliphatic heterocycles. The molecule has 0 radical (unpaired) electrons. The number of fused-ring (bicyclic) bond motifs is 2. The molecule has 1 aliphatic carbocycles. The Labute approximate surface area is 173 Å². The number of hydrogen-bond donors (Lipinski definition) is 1. The number of carbonyl (C=O) groups excluding carboxylic acids is 1. The van der Waals surface area contributed by atoms with Gasteiger partial charge in [-0.15, -0.1) is 10.2 Å². The van der Waals surface area contributed by atoms with E-state index >= 15 is 0 Å².